The van der Waals surface area contributed by atoms with Crippen molar-refractivity contribution in [3.63, 3.8) is 0 Å². The van der Waals surface area contributed by atoms with E-state index < -0.39 is 0 Å². The lowest BCUT2D eigenvalue weighted by atomic mass is 9.84. The molecular weight excluding hydrogens is 412 g/mol. The summed E-state index contributed by atoms with van der Waals surface area (Å²) < 4.78 is 1.57. The Balaban J connectivity index is 1.63. The maximum atomic E-state index is 12.6. The standard InChI is InChI=1S/C23H19ClN6O/c1-13-5-3-4-6-17(13)18-11-20(31)27-22-21(18)14(2)29-30(22)23-26-19(12-25-28-23)15-7-9-16(24)10-8-15/h3-10,12,18H,11H2,1-2H3,(H,27,31)/t18-/m1/s1. The molecule has 0 radical (unpaired) electrons. The van der Waals surface area contributed by atoms with Gasteiger partial charge in [0.1, 0.15) is 5.82 Å². The molecule has 2 aromatic heterocycles. The summed E-state index contributed by atoms with van der Waals surface area (Å²) in [4.78, 5) is 17.2. The van der Waals surface area contributed by atoms with E-state index in [0.29, 0.717) is 28.9 Å². The van der Waals surface area contributed by atoms with Crippen molar-refractivity contribution in [2.75, 3.05) is 5.32 Å². The number of aromatic nitrogens is 5. The quantitative estimate of drug-likeness (QED) is 0.518. The summed E-state index contributed by atoms with van der Waals surface area (Å²) in [6, 6.07) is 15.5. The summed E-state index contributed by atoms with van der Waals surface area (Å²) in [5, 5.41) is 16.6. The molecule has 0 aliphatic carbocycles. The number of amides is 1. The van der Waals surface area contributed by atoms with Crippen molar-refractivity contribution < 1.29 is 4.79 Å². The molecule has 0 saturated carbocycles. The summed E-state index contributed by atoms with van der Waals surface area (Å²) in [6.07, 6.45) is 1.96. The van der Waals surface area contributed by atoms with E-state index >= 15 is 0 Å². The number of fused-ring (bicyclic) bond motifs is 1. The number of benzene rings is 2. The van der Waals surface area contributed by atoms with E-state index in [1.54, 1.807) is 23.0 Å². The minimum atomic E-state index is -0.0777. The van der Waals surface area contributed by atoms with Gasteiger partial charge >= 0.3 is 0 Å². The van der Waals surface area contributed by atoms with Crippen LogP contribution in [0.1, 0.15) is 34.7 Å². The van der Waals surface area contributed by atoms with Crippen LogP contribution in [0.15, 0.2) is 54.7 Å². The van der Waals surface area contributed by atoms with Gasteiger partial charge in [0.25, 0.3) is 5.95 Å². The molecule has 1 aliphatic heterocycles. The fraction of sp³-hybridized carbons (Fsp3) is 0.174. The van der Waals surface area contributed by atoms with Crippen LogP contribution in [0.3, 0.4) is 0 Å². The van der Waals surface area contributed by atoms with Crippen LogP contribution in [0, 0.1) is 13.8 Å². The molecule has 1 aliphatic rings. The van der Waals surface area contributed by atoms with Gasteiger partial charge in [-0.15, -0.1) is 5.10 Å². The Morgan fingerprint density at radius 1 is 1.10 bits per heavy atom. The predicted octanol–water partition coefficient (Wildman–Crippen LogP) is 4.47. The molecule has 1 N–H and O–H groups in total. The third-order valence-electron chi connectivity index (χ3n) is 5.54. The number of nitrogens with one attached hydrogen (secondary N) is 1. The van der Waals surface area contributed by atoms with Gasteiger partial charge in [-0.3, -0.25) is 4.79 Å². The highest BCUT2D eigenvalue weighted by Crippen LogP contribution is 2.40. The van der Waals surface area contributed by atoms with Crippen molar-refractivity contribution in [3.8, 4) is 17.2 Å². The number of hydrogen-bond donors (Lipinski definition) is 1. The van der Waals surface area contributed by atoms with Crippen LogP contribution in [0.4, 0.5) is 5.82 Å². The van der Waals surface area contributed by atoms with Crippen molar-refractivity contribution in [2.24, 2.45) is 0 Å². The van der Waals surface area contributed by atoms with E-state index in [4.69, 9.17) is 11.6 Å². The molecule has 1 amide bonds. The van der Waals surface area contributed by atoms with Gasteiger partial charge in [-0.1, -0.05) is 48.0 Å². The molecule has 0 bridgehead atoms. The second-order valence-corrected chi connectivity index (χ2v) is 8.01. The lowest BCUT2D eigenvalue weighted by Gasteiger charge is -2.25. The molecule has 1 atom stereocenters. The summed E-state index contributed by atoms with van der Waals surface area (Å²) >= 11 is 5.99. The van der Waals surface area contributed by atoms with Gasteiger partial charge in [-0.05, 0) is 37.1 Å². The Morgan fingerprint density at radius 3 is 2.65 bits per heavy atom. The van der Waals surface area contributed by atoms with Crippen LogP contribution in [0.25, 0.3) is 17.2 Å². The van der Waals surface area contributed by atoms with Crippen molar-refractivity contribution in [1.29, 1.82) is 0 Å². The molecule has 0 unspecified atom stereocenters. The van der Waals surface area contributed by atoms with Gasteiger partial charge in [0.2, 0.25) is 5.91 Å². The van der Waals surface area contributed by atoms with Gasteiger partial charge in [0.15, 0.2) is 0 Å². The molecule has 3 heterocycles. The highest BCUT2D eigenvalue weighted by atomic mass is 35.5. The highest BCUT2D eigenvalue weighted by Gasteiger charge is 2.33. The molecule has 0 spiro atoms. The molecule has 0 saturated heterocycles. The number of rotatable bonds is 3. The summed E-state index contributed by atoms with van der Waals surface area (Å²) in [5.74, 6) is 0.745. The third kappa shape index (κ3) is 3.47. The molecule has 5 rings (SSSR count). The maximum absolute atomic E-state index is 12.6. The Hall–Kier alpha value is -3.58. The Morgan fingerprint density at radius 2 is 1.87 bits per heavy atom. The largest absolute Gasteiger partial charge is 0.310 e. The number of carbonyl (C=O) groups is 1. The summed E-state index contributed by atoms with van der Waals surface area (Å²) in [5.41, 5.74) is 5.57. The number of halogens is 1. The minimum absolute atomic E-state index is 0.0660. The SMILES string of the molecule is Cc1ccccc1[C@H]1CC(=O)Nc2c1c(C)nn2-c1nncc(-c2ccc(Cl)cc2)n1. The van der Waals surface area contributed by atoms with Crippen LogP contribution in [0.5, 0.6) is 0 Å². The van der Waals surface area contributed by atoms with Crippen molar-refractivity contribution >= 4 is 23.3 Å². The first-order chi connectivity index (χ1) is 15.0. The average Bonchev–Trinajstić information content (AvgIpc) is 3.10. The van der Waals surface area contributed by atoms with Crippen LogP contribution in [0.2, 0.25) is 5.02 Å². The van der Waals surface area contributed by atoms with E-state index in [0.717, 1.165) is 27.9 Å². The van der Waals surface area contributed by atoms with Crippen LogP contribution < -0.4 is 5.32 Å². The number of nitrogens with zero attached hydrogens (tertiary/aromatic N) is 5. The average molecular weight is 431 g/mol. The fourth-order valence-corrected chi connectivity index (χ4v) is 4.20. The molecule has 4 aromatic rings. The Bertz CT molecular complexity index is 1300. The van der Waals surface area contributed by atoms with Crippen molar-refractivity contribution in [1.82, 2.24) is 25.0 Å². The van der Waals surface area contributed by atoms with Gasteiger partial charge in [-0.2, -0.15) is 14.9 Å². The van der Waals surface area contributed by atoms with E-state index in [2.05, 4.69) is 44.7 Å². The molecule has 2 aromatic carbocycles. The molecule has 8 heteroatoms. The number of carbonyl (C=O) groups excluding carboxylic acids is 1. The van der Waals surface area contributed by atoms with Crippen molar-refractivity contribution in [3.05, 3.63) is 82.1 Å². The minimum Gasteiger partial charge on any atom is -0.310 e. The monoisotopic (exact) mass is 430 g/mol. The second kappa shape index (κ2) is 7.59. The molecule has 154 valence electrons. The lowest BCUT2D eigenvalue weighted by molar-refractivity contribution is -0.116. The lowest BCUT2D eigenvalue weighted by Crippen LogP contribution is -2.25. The fourth-order valence-electron chi connectivity index (χ4n) is 4.08. The van der Waals surface area contributed by atoms with Gasteiger partial charge < -0.3 is 5.32 Å². The Labute approximate surface area is 184 Å². The van der Waals surface area contributed by atoms with E-state index in [9.17, 15) is 4.79 Å². The first-order valence-electron chi connectivity index (χ1n) is 9.92. The van der Waals surface area contributed by atoms with Gasteiger partial charge in [-0.25, -0.2) is 4.98 Å². The second-order valence-electron chi connectivity index (χ2n) is 7.57. The van der Waals surface area contributed by atoms with E-state index in [1.807, 2.05) is 31.2 Å². The highest BCUT2D eigenvalue weighted by molar-refractivity contribution is 6.30. The molecule has 0 fully saturated rings. The topological polar surface area (TPSA) is 85.6 Å². The smallest absolute Gasteiger partial charge is 0.272 e. The zero-order chi connectivity index (χ0) is 21.5. The molecular formula is C23H19ClN6O. The van der Waals surface area contributed by atoms with Crippen LogP contribution in [-0.4, -0.2) is 30.9 Å². The van der Waals surface area contributed by atoms with Gasteiger partial charge in [0.05, 0.1) is 17.6 Å². The van der Waals surface area contributed by atoms with E-state index in [-0.39, 0.29) is 11.8 Å². The van der Waals surface area contributed by atoms with Crippen LogP contribution >= 0.6 is 11.6 Å². The number of anilines is 1. The zero-order valence-corrected chi connectivity index (χ0v) is 17.8. The van der Waals surface area contributed by atoms with E-state index in [1.165, 1.54) is 0 Å². The summed E-state index contributed by atoms with van der Waals surface area (Å²) in [7, 11) is 0. The number of aryl methyl sites for hydroxylation is 2. The Kier molecular flexibility index (Phi) is 4.75. The predicted molar refractivity (Wildman–Crippen MR) is 118 cm³/mol. The van der Waals surface area contributed by atoms with Crippen LogP contribution in [-0.2, 0) is 4.79 Å². The molecule has 7 nitrogen and oxygen atoms in total. The third-order valence-corrected chi connectivity index (χ3v) is 5.80. The first-order valence-corrected chi connectivity index (χ1v) is 10.3. The normalized spacial score (nSPS) is 15.5. The summed E-state index contributed by atoms with van der Waals surface area (Å²) in [6.45, 7) is 4.00. The van der Waals surface area contributed by atoms with Gasteiger partial charge in [0, 0.05) is 28.5 Å². The molecule has 31 heavy (non-hydrogen) atoms. The van der Waals surface area contributed by atoms with Crippen molar-refractivity contribution in [2.45, 2.75) is 26.2 Å². The first kappa shape index (κ1) is 19.4. The maximum Gasteiger partial charge on any atom is 0.272 e. The number of hydrogen-bond acceptors (Lipinski definition) is 5. The zero-order valence-electron chi connectivity index (χ0n) is 17.0.